The lowest BCUT2D eigenvalue weighted by molar-refractivity contribution is -0.128. The largest absolute Gasteiger partial charge is 0.393 e. The summed E-state index contributed by atoms with van der Waals surface area (Å²) in [5.74, 6) is 0.715. The Balaban J connectivity index is 1.66. The Kier molecular flexibility index (Phi) is 3.46. The number of nitrogens with zero attached hydrogens (tertiary/aromatic N) is 1. The van der Waals surface area contributed by atoms with Crippen molar-refractivity contribution in [3.8, 4) is 0 Å². The maximum Gasteiger partial charge on any atom is 0.137 e. The van der Waals surface area contributed by atoms with Crippen LogP contribution in [0.3, 0.4) is 0 Å². The van der Waals surface area contributed by atoms with E-state index in [1.165, 1.54) is 12.8 Å². The Hall–Kier alpha value is -0.410. The Morgan fingerprint density at radius 2 is 1.89 bits per heavy atom. The first-order valence-corrected chi connectivity index (χ1v) is 7.91. The van der Waals surface area contributed by atoms with Crippen LogP contribution < -0.4 is 0 Å². The van der Waals surface area contributed by atoms with Gasteiger partial charge in [0.2, 0.25) is 0 Å². The molecule has 3 atom stereocenters. The summed E-state index contributed by atoms with van der Waals surface area (Å²) < 4.78 is 0. The number of hydrogen-bond acceptors (Lipinski definition) is 3. The van der Waals surface area contributed by atoms with Crippen molar-refractivity contribution in [2.75, 3.05) is 6.54 Å². The van der Waals surface area contributed by atoms with Gasteiger partial charge in [-0.3, -0.25) is 9.69 Å². The predicted octanol–water partition coefficient (Wildman–Crippen LogP) is 2.37. The number of piperidine rings is 1. The van der Waals surface area contributed by atoms with E-state index in [9.17, 15) is 9.90 Å². The first-order valence-electron chi connectivity index (χ1n) is 7.91. The lowest BCUT2D eigenvalue weighted by atomic mass is 9.71. The molecule has 1 N–H and O–H groups in total. The summed E-state index contributed by atoms with van der Waals surface area (Å²) in [6.45, 7) is 5.53. The van der Waals surface area contributed by atoms with Crippen molar-refractivity contribution >= 4 is 5.78 Å². The minimum atomic E-state index is -0.104. The molecule has 3 fully saturated rings. The van der Waals surface area contributed by atoms with E-state index in [1.54, 1.807) is 0 Å². The molecule has 0 spiro atoms. The van der Waals surface area contributed by atoms with Gasteiger partial charge in [-0.25, -0.2) is 0 Å². The van der Waals surface area contributed by atoms with E-state index < -0.39 is 0 Å². The van der Waals surface area contributed by atoms with Gasteiger partial charge in [0.05, 0.1) is 6.10 Å². The van der Waals surface area contributed by atoms with Crippen molar-refractivity contribution in [2.45, 2.75) is 77.0 Å². The Morgan fingerprint density at radius 1 is 1.26 bits per heavy atom. The molecule has 0 aromatic carbocycles. The number of aliphatic hydroxyl groups excluding tert-OH is 1. The van der Waals surface area contributed by atoms with Crippen LogP contribution in [0.15, 0.2) is 0 Å². The average Bonchev–Trinajstić information content (AvgIpc) is 2.57. The normalized spacial score (nSPS) is 42.6. The minimum Gasteiger partial charge on any atom is -0.393 e. The fraction of sp³-hybridized carbons (Fsp3) is 0.938. The molecule has 0 amide bonds. The lowest BCUT2D eigenvalue weighted by Gasteiger charge is -2.42. The highest BCUT2D eigenvalue weighted by Crippen LogP contribution is 2.41. The van der Waals surface area contributed by atoms with E-state index in [0.717, 1.165) is 38.6 Å². The van der Waals surface area contributed by atoms with Crippen LogP contribution in [-0.4, -0.2) is 40.5 Å². The number of rotatable bonds is 2. The molecule has 0 aromatic rings. The zero-order valence-electron chi connectivity index (χ0n) is 12.3. The number of hydrogen-bond donors (Lipinski definition) is 1. The Labute approximate surface area is 116 Å². The van der Waals surface area contributed by atoms with Gasteiger partial charge < -0.3 is 5.11 Å². The van der Waals surface area contributed by atoms with Crippen molar-refractivity contribution in [2.24, 2.45) is 11.3 Å². The van der Waals surface area contributed by atoms with Gasteiger partial charge in [0.1, 0.15) is 5.78 Å². The van der Waals surface area contributed by atoms with Gasteiger partial charge in [0, 0.05) is 31.0 Å². The zero-order valence-corrected chi connectivity index (χ0v) is 12.3. The monoisotopic (exact) mass is 265 g/mol. The van der Waals surface area contributed by atoms with Crippen molar-refractivity contribution in [1.82, 2.24) is 4.90 Å². The summed E-state index contributed by atoms with van der Waals surface area (Å²) in [6.07, 6.45) is 7.02. The number of carbonyl (C=O) groups excluding carboxylic acids is 1. The predicted molar refractivity (Wildman–Crippen MR) is 74.9 cm³/mol. The molecule has 19 heavy (non-hydrogen) atoms. The van der Waals surface area contributed by atoms with E-state index in [1.807, 2.05) is 0 Å². The van der Waals surface area contributed by atoms with Gasteiger partial charge in [-0.05, 0) is 43.9 Å². The molecular weight excluding hydrogens is 238 g/mol. The summed E-state index contributed by atoms with van der Waals surface area (Å²) in [5, 5.41) is 9.86. The van der Waals surface area contributed by atoms with E-state index in [2.05, 4.69) is 18.7 Å². The molecule has 3 unspecified atom stereocenters. The molecule has 0 aromatic heterocycles. The van der Waals surface area contributed by atoms with Crippen LogP contribution in [0.25, 0.3) is 0 Å². The van der Waals surface area contributed by atoms with E-state index >= 15 is 0 Å². The summed E-state index contributed by atoms with van der Waals surface area (Å²) in [6, 6.07) is 1.07. The number of aliphatic hydroxyl groups is 1. The molecule has 1 aliphatic carbocycles. The van der Waals surface area contributed by atoms with Crippen molar-refractivity contribution in [1.29, 1.82) is 0 Å². The molecule has 3 heteroatoms. The average molecular weight is 265 g/mol. The number of carbonyl (C=O) groups is 1. The van der Waals surface area contributed by atoms with E-state index in [-0.39, 0.29) is 12.0 Å². The van der Waals surface area contributed by atoms with Crippen molar-refractivity contribution < 1.29 is 9.90 Å². The smallest absolute Gasteiger partial charge is 0.137 e. The number of ketones is 1. The van der Waals surface area contributed by atoms with Gasteiger partial charge in [-0.1, -0.05) is 13.8 Å². The maximum atomic E-state index is 12.2. The summed E-state index contributed by atoms with van der Waals surface area (Å²) in [5.41, 5.74) is 0.326. The first kappa shape index (κ1) is 13.6. The molecule has 3 rings (SSSR count). The highest BCUT2D eigenvalue weighted by atomic mass is 16.3. The van der Waals surface area contributed by atoms with Crippen molar-refractivity contribution in [3.63, 3.8) is 0 Å². The molecular formula is C16H27NO2. The third kappa shape index (κ3) is 2.73. The van der Waals surface area contributed by atoms with Crippen LogP contribution in [0.4, 0.5) is 0 Å². The van der Waals surface area contributed by atoms with Crippen LogP contribution in [0.1, 0.15) is 58.8 Å². The summed E-state index contributed by atoms with van der Waals surface area (Å²) >= 11 is 0. The summed E-state index contributed by atoms with van der Waals surface area (Å²) in [4.78, 5) is 14.7. The SMILES string of the molecule is CC1(C)CCC(=O)C(CN2C3CCC2CC(O)C3)C1. The van der Waals surface area contributed by atoms with Crippen molar-refractivity contribution in [3.05, 3.63) is 0 Å². The molecule has 2 heterocycles. The van der Waals surface area contributed by atoms with Gasteiger partial charge >= 0.3 is 0 Å². The quantitative estimate of drug-likeness (QED) is 0.833. The third-order valence-corrected chi connectivity index (χ3v) is 5.59. The first-order chi connectivity index (χ1) is 8.94. The van der Waals surface area contributed by atoms with Crippen LogP contribution in [0, 0.1) is 11.3 Å². The van der Waals surface area contributed by atoms with E-state index in [0.29, 0.717) is 23.3 Å². The molecule has 0 radical (unpaired) electrons. The van der Waals surface area contributed by atoms with E-state index in [4.69, 9.17) is 0 Å². The van der Waals surface area contributed by atoms with Gasteiger partial charge in [-0.2, -0.15) is 0 Å². The number of fused-ring (bicyclic) bond motifs is 2. The third-order valence-electron chi connectivity index (χ3n) is 5.59. The topological polar surface area (TPSA) is 40.5 Å². The van der Waals surface area contributed by atoms with Crippen LogP contribution in [-0.2, 0) is 4.79 Å². The van der Waals surface area contributed by atoms with Crippen LogP contribution in [0.5, 0.6) is 0 Å². The molecule has 3 aliphatic rings. The van der Waals surface area contributed by atoms with Crippen LogP contribution >= 0.6 is 0 Å². The Morgan fingerprint density at radius 3 is 2.53 bits per heavy atom. The molecule has 3 nitrogen and oxygen atoms in total. The molecule has 2 bridgehead atoms. The fourth-order valence-corrected chi connectivity index (χ4v) is 4.51. The van der Waals surface area contributed by atoms with Gasteiger partial charge in [-0.15, -0.1) is 0 Å². The molecule has 1 saturated carbocycles. The Bertz CT molecular complexity index is 352. The lowest BCUT2D eigenvalue weighted by Crippen LogP contribution is -2.49. The fourth-order valence-electron chi connectivity index (χ4n) is 4.51. The van der Waals surface area contributed by atoms with Gasteiger partial charge in [0.15, 0.2) is 0 Å². The number of Topliss-reactive ketones (excluding diaryl/α,β-unsaturated/α-hetero) is 1. The second-order valence-corrected chi connectivity index (χ2v) is 7.74. The summed E-state index contributed by atoms with van der Waals surface area (Å²) in [7, 11) is 0. The second-order valence-electron chi connectivity index (χ2n) is 7.74. The van der Waals surface area contributed by atoms with Gasteiger partial charge in [0.25, 0.3) is 0 Å². The zero-order chi connectivity index (χ0) is 13.6. The highest BCUT2D eigenvalue weighted by molar-refractivity contribution is 5.82. The molecule has 2 saturated heterocycles. The highest BCUT2D eigenvalue weighted by Gasteiger charge is 2.43. The standard InChI is InChI=1S/C16H27NO2/c1-16(2)6-5-15(19)11(9-16)10-17-12-3-4-13(17)8-14(18)7-12/h11-14,18H,3-10H2,1-2H3. The molecule has 108 valence electrons. The minimum absolute atomic E-state index is 0.104. The second kappa shape index (κ2) is 4.85. The maximum absolute atomic E-state index is 12.2. The van der Waals surface area contributed by atoms with Crippen LogP contribution in [0.2, 0.25) is 0 Å². The molecule has 2 aliphatic heterocycles.